The molecule has 3 rings (SSSR count). The maximum Gasteiger partial charge on any atom is 0.409 e. The van der Waals surface area contributed by atoms with Gasteiger partial charge in [0.1, 0.15) is 5.15 Å². The SMILES string of the molecule is Cn1cc(-c2ccc(NC(=O)O)cc2)c2cc(Cl)ncc21. The van der Waals surface area contributed by atoms with Crippen molar-refractivity contribution >= 4 is 34.3 Å². The third kappa shape index (κ3) is 2.55. The van der Waals surface area contributed by atoms with Gasteiger partial charge in [-0.05, 0) is 23.8 Å². The summed E-state index contributed by atoms with van der Waals surface area (Å²) in [5.41, 5.74) is 3.53. The number of carbonyl (C=O) groups is 1. The van der Waals surface area contributed by atoms with Crippen molar-refractivity contribution in [3.05, 3.63) is 47.9 Å². The Morgan fingerprint density at radius 1 is 1.33 bits per heavy atom. The lowest BCUT2D eigenvalue weighted by Crippen LogP contribution is -2.06. The zero-order valence-corrected chi connectivity index (χ0v) is 11.9. The van der Waals surface area contributed by atoms with E-state index in [1.54, 1.807) is 18.3 Å². The Kier molecular flexibility index (Phi) is 3.27. The van der Waals surface area contributed by atoms with Crippen LogP contribution in [-0.4, -0.2) is 20.8 Å². The molecule has 0 aliphatic carbocycles. The molecule has 2 N–H and O–H groups in total. The predicted octanol–water partition coefficient (Wildman–Crippen LogP) is 3.98. The van der Waals surface area contributed by atoms with Crippen LogP contribution in [0.3, 0.4) is 0 Å². The normalized spacial score (nSPS) is 10.8. The van der Waals surface area contributed by atoms with E-state index >= 15 is 0 Å². The molecule has 6 heteroatoms. The predicted molar refractivity (Wildman–Crippen MR) is 82.8 cm³/mol. The molecule has 0 bridgehead atoms. The highest BCUT2D eigenvalue weighted by Crippen LogP contribution is 2.31. The number of aryl methyl sites for hydroxylation is 1. The summed E-state index contributed by atoms with van der Waals surface area (Å²) in [6, 6.07) is 9.02. The number of fused-ring (bicyclic) bond motifs is 1. The molecular formula is C15H12ClN3O2. The minimum atomic E-state index is -1.08. The number of carboxylic acid groups (broad SMARTS) is 1. The number of benzene rings is 1. The van der Waals surface area contributed by atoms with Crippen LogP contribution in [0, 0.1) is 0 Å². The average Bonchev–Trinajstić information content (AvgIpc) is 2.76. The Labute approximate surface area is 125 Å². The van der Waals surface area contributed by atoms with Gasteiger partial charge in [0.25, 0.3) is 0 Å². The minimum Gasteiger partial charge on any atom is -0.465 e. The van der Waals surface area contributed by atoms with Crippen LogP contribution in [0.25, 0.3) is 22.0 Å². The lowest BCUT2D eigenvalue weighted by molar-refractivity contribution is 0.210. The minimum absolute atomic E-state index is 0.444. The van der Waals surface area contributed by atoms with Crippen molar-refractivity contribution in [1.29, 1.82) is 0 Å². The van der Waals surface area contributed by atoms with Gasteiger partial charge >= 0.3 is 6.09 Å². The summed E-state index contributed by atoms with van der Waals surface area (Å²) >= 11 is 5.97. The van der Waals surface area contributed by atoms with Gasteiger partial charge < -0.3 is 9.67 Å². The first kappa shape index (κ1) is 13.5. The molecule has 0 saturated heterocycles. The highest BCUT2D eigenvalue weighted by Gasteiger charge is 2.10. The summed E-state index contributed by atoms with van der Waals surface area (Å²) in [6.45, 7) is 0. The number of anilines is 1. The first-order chi connectivity index (χ1) is 10.0. The van der Waals surface area contributed by atoms with Crippen molar-refractivity contribution in [1.82, 2.24) is 9.55 Å². The van der Waals surface area contributed by atoms with Crippen molar-refractivity contribution in [3.63, 3.8) is 0 Å². The monoisotopic (exact) mass is 301 g/mol. The lowest BCUT2D eigenvalue weighted by Gasteiger charge is -2.03. The number of hydrogen-bond donors (Lipinski definition) is 2. The standard InChI is InChI=1S/C15H12ClN3O2/c1-19-8-12(11-6-14(16)17-7-13(11)19)9-2-4-10(5-3-9)18-15(20)21/h2-8,18H,1H3,(H,20,21). The molecule has 3 aromatic rings. The zero-order valence-electron chi connectivity index (χ0n) is 11.2. The van der Waals surface area contributed by atoms with E-state index in [0.29, 0.717) is 10.8 Å². The van der Waals surface area contributed by atoms with Gasteiger partial charge in [-0.1, -0.05) is 23.7 Å². The molecule has 0 saturated carbocycles. The molecule has 0 aliphatic rings. The highest BCUT2D eigenvalue weighted by atomic mass is 35.5. The van der Waals surface area contributed by atoms with Gasteiger partial charge in [-0.25, -0.2) is 9.78 Å². The average molecular weight is 302 g/mol. The van der Waals surface area contributed by atoms with Crippen LogP contribution in [0.2, 0.25) is 5.15 Å². The number of amides is 1. The van der Waals surface area contributed by atoms with E-state index in [1.807, 2.05) is 36.0 Å². The Balaban J connectivity index is 2.08. The van der Waals surface area contributed by atoms with Gasteiger partial charge in [-0.2, -0.15) is 0 Å². The highest BCUT2D eigenvalue weighted by molar-refractivity contribution is 6.30. The number of pyridine rings is 1. The van der Waals surface area contributed by atoms with Crippen molar-refractivity contribution in [2.45, 2.75) is 0 Å². The van der Waals surface area contributed by atoms with Gasteiger partial charge in [0.05, 0.1) is 11.7 Å². The Morgan fingerprint density at radius 2 is 2.05 bits per heavy atom. The van der Waals surface area contributed by atoms with Gasteiger partial charge in [0.15, 0.2) is 0 Å². The number of hydrogen-bond acceptors (Lipinski definition) is 2. The topological polar surface area (TPSA) is 67.2 Å². The summed E-state index contributed by atoms with van der Waals surface area (Å²) < 4.78 is 1.98. The molecule has 0 fully saturated rings. The van der Waals surface area contributed by atoms with E-state index in [9.17, 15) is 4.79 Å². The number of nitrogens with zero attached hydrogens (tertiary/aromatic N) is 2. The van der Waals surface area contributed by atoms with Crippen LogP contribution in [0.4, 0.5) is 10.5 Å². The summed E-state index contributed by atoms with van der Waals surface area (Å²) in [7, 11) is 1.95. The van der Waals surface area contributed by atoms with Crippen LogP contribution >= 0.6 is 11.6 Å². The molecular weight excluding hydrogens is 290 g/mol. The maximum atomic E-state index is 10.6. The van der Waals surface area contributed by atoms with E-state index in [-0.39, 0.29) is 0 Å². The van der Waals surface area contributed by atoms with E-state index < -0.39 is 6.09 Å². The van der Waals surface area contributed by atoms with Crippen molar-refractivity contribution in [2.75, 3.05) is 5.32 Å². The molecule has 0 spiro atoms. The second-order valence-corrected chi connectivity index (χ2v) is 5.07. The number of rotatable bonds is 2. The van der Waals surface area contributed by atoms with E-state index in [2.05, 4.69) is 10.3 Å². The first-order valence-corrected chi connectivity index (χ1v) is 6.63. The van der Waals surface area contributed by atoms with Crippen LogP contribution in [0.15, 0.2) is 42.7 Å². The van der Waals surface area contributed by atoms with Gasteiger partial charge in [-0.3, -0.25) is 5.32 Å². The summed E-state index contributed by atoms with van der Waals surface area (Å²) in [6.07, 6.45) is 2.66. The van der Waals surface area contributed by atoms with Crippen molar-refractivity contribution in [2.24, 2.45) is 7.05 Å². The molecule has 106 valence electrons. The summed E-state index contributed by atoms with van der Waals surface area (Å²) in [5.74, 6) is 0. The third-order valence-electron chi connectivity index (χ3n) is 3.29. The summed E-state index contributed by atoms with van der Waals surface area (Å²) in [4.78, 5) is 14.7. The maximum absolute atomic E-state index is 10.6. The Morgan fingerprint density at radius 3 is 2.71 bits per heavy atom. The fraction of sp³-hybridized carbons (Fsp3) is 0.0667. The Hall–Kier alpha value is -2.53. The molecule has 0 unspecified atom stereocenters. The van der Waals surface area contributed by atoms with E-state index in [4.69, 9.17) is 16.7 Å². The second-order valence-electron chi connectivity index (χ2n) is 4.69. The smallest absolute Gasteiger partial charge is 0.409 e. The summed E-state index contributed by atoms with van der Waals surface area (Å²) in [5, 5.41) is 12.5. The van der Waals surface area contributed by atoms with E-state index in [0.717, 1.165) is 22.0 Å². The van der Waals surface area contributed by atoms with Crippen LogP contribution < -0.4 is 5.32 Å². The van der Waals surface area contributed by atoms with Gasteiger partial charge in [0.2, 0.25) is 0 Å². The second kappa shape index (κ2) is 5.10. The van der Waals surface area contributed by atoms with Crippen LogP contribution in [-0.2, 0) is 7.05 Å². The quantitative estimate of drug-likeness (QED) is 0.703. The Bertz CT molecular complexity index is 825. The molecule has 1 amide bonds. The molecule has 21 heavy (non-hydrogen) atoms. The number of nitrogens with one attached hydrogen (secondary N) is 1. The molecule has 1 aromatic carbocycles. The zero-order chi connectivity index (χ0) is 15.0. The van der Waals surface area contributed by atoms with Gasteiger partial charge in [-0.15, -0.1) is 0 Å². The molecule has 0 atom stereocenters. The fourth-order valence-corrected chi connectivity index (χ4v) is 2.50. The number of aromatic nitrogens is 2. The largest absolute Gasteiger partial charge is 0.465 e. The first-order valence-electron chi connectivity index (χ1n) is 6.25. The van der Waals surface area contributed by atoms with Gasteiger partial charge in [0, 0.05) is 29.9 Å². The lowest BCUT2D eigenvalue weighted by atomic mass is 10.1. The van der Waals surface area contributed by atoms with Crippen molar-refractivity contribution in [3.8, 4) is 11.1 Å². The van der Waals surface area contributed by atoms with Crippen LogP contribution in [0.5, 0.6) is 0 Å². The fourth-order valence-electron chi connectivity index (χ4n) is 2.34. The molecule has 0 aliphatic heterocycles. The molecule has 5 nitrogen and oxygen atoms in total. The molecule has 2 heterocycles. The molecule has 0 radical (unpaired) electrons. The van der Waals surface area contributed by atoms with Crippen LogP contribution in [0.1, 0.15) is 0 Å². The molecule has 2 aromatic heterocycles. The third-order valence-corrected chi connectivity index (χ3v) is 3.50. The number of halogens is 1. The van der Waals surface area contributed by atoms with E-state index in [1.165, 1.54) is 0 Å². The van der Waals surface area contributed by atoms with Crippen molar-refractivity contribution < 1.29 is 9.90 Å².